The molecule has 1 N–H and O–H groups in total. The third kappa shape index (κ3) is 3.22. The first-order valence-corrected chi connectivity index (χ1v) is 9.07. The number of quaternary nitrogens is 1. The van der Waals surface area contributed by atoms with Gasteiger partial charge in [0.25, 0.3) is 0 Å². The highest BCUT2D eigenvalue weighted by molar-refractivity contribution is 5.98. The maximum absolute atomic E-state index is 13.1. The van der Waals surface area contributed by atoms with Crippen molar-refractivity contribution in [3.8, 4) is 0 Å². The molecular formula is C20H30NO2+. The minimum atomic E-state index is 0.0768. The van der Waals surface area contributed by atoms with Gasteiger partial charge in [-0.1, -0.05) is 30.3 Å². The van der Waals surface area contributed by atoms with Gasteiger partial charge in [0.05, 0.1) is 26.2 Å². The Kier molecular flexibility index (Phi) is 4.88. The van der Waals surface area contributed by atoms with E-state index in [4.69, 9.17) is 0 Å². The van der Waals surface area contributed by atoms with Crippen molar-refractivity contribution in [1.29, 1.82) is 0 Å². The van der Waals surface area contributed by atoms with E-state index >= 15 is 0 Å². The molecule has 23 heavy (non-hydrogen) atoms. The van der Waals surface area contributed by atoms with Crippen LogP contribution in [0.15, 0.2) is 30.3 Å². The summed E-state index contributed by atoms with van der Waals surface area (Å²) in [4.78, 5) is 13.1. The van der Waals surface area contributed by atoms with Gasteiger partial charge in [0.15, 0.2) is 5.78 Å². The number of carbonyl (C=O) groups excluding carboxylic acids is 1. The number of aliphatic hydroxyl groups is 1. The van der Waals surface area contributed by atoms with Crippen molar-refractivity contribution in [1.82, 2.24) is 0 Å². The Labute approximate surface area is 139 Å². The number of aliphatic hydroxyl groups excluding tert-OH is 1. The van der Waals surface area contributed by atoms with Gasteiger partial charge in [0.1, 0.15) is 0 Å². The fraction of sp³-hybridized carbons (Fsp3) is 0.650. The Bertz CT molecular complexity index is 524. The average molecular weight is 316 g/mol. The zero-order valence-electron chi connectivity index (χ0n) is 14.4. The molecule has 0 spiro atoms. The number of carbonyl (C=O) groups is 1. The molecule has 2 heterocycles. The van der Waals surface area contributed by atoms with Gasteiger partial charge in [-0.3, -0.25) is 4.79 Å². The highest BCUT2D eigenvalue weighted by Gasteiger charge is 2.50. The van der Waals surface area contributed by atoms with Gasteiger partial charge in [0, 0.05) is 43.8 Å². The minimum absolute atomic E-state index is 0.0768. The number of rotatable bonds is 6. The molecule has 2 saturated heterocycles. The molecule has 3 heteroatoms. The van der Waals surface area contributed by atoms with Gasteiger partial charge in [-0.2, -0.15) is 0 Å². The van der Waals surface area contributed by atoms with E-state index in [1.807, 2.05) is 30.3 Å². The number of fused-ring (bicyclic) bond motifs is 2. The predicted octanol–water partition coefficient (Wildman–Crippen LogP) is 3.28. The molecule has 0 amide bonds. The van der Waals surface area contributed by atoms with E-state index in [2.05, 4.69) is 14.1 Å². The summed E-state index contributed by atoms with van der Waals surface area (Å²) in [7, 11) is 4.72. The molecule has 126 valence electrons. The lowest BCUT2D eigenvalue weighted by atomic mass is 9.74. The van der Waals surface area contributed by atoms with Crippen LogP contribution in [0.25, 0.3) is 0 Å². The number of nitrogens with zero attached hydrogens (tertiary/aromatic N) is 1. The first-order valence-electron chi connectivity index (χ1n) is 9.07. The topological polar surface area (TPSA) is 37.3 Å². The van der Waals surface area contributed by atoms with Crippen molar-refractivity contribution >= 4 is 5.78 Å². The number of hydrogen-bond acceptors (Lipinski definition) is 2. The van der Waals surface area contributed by atoms with Crippen LogP contribution in [0, 0.1) is 11.8 Å². The van der Waals surface area contributed by atoms with Crippen molar-refractivity contribution in [3.63, 3.8) is 0 Å². The minimum Gasteiger partial charge on any atom is -0.396 e. The molecule has 0 aromatic heterocycles. The molecule has 3 rings (SSSR count). The molecule has 0 aliphatic carbocycles. The van der Waals surface area contributed by atoms with Gasteiger partial charge in [-0.15, -0.1) is 0 Å². The van der Waals surface area contributed by atoms with Crippen molar-refractivity contribution in [2.45, 2.75) is 50.6 Å². The van der Waals surface area contributed by atoms with E-state index in [-0.39, 0.29) is 18.3 Å². The quantitative estimate of drug-likeness (QED) is 0.646. The van der Waals surface area contributed by atoms with E-state index in [9.17, 15) is 9.90 Å². The second kappa shape index (κ2) is 6.74. The van der Waals surface area contributed by atoms with Crippen LogP contribution in [0.2, 0.25) is 0 Å². The first-order chi connectivity index (χ1) is 11.0. The smallest absolute Gasteiger partial charge is 0.166 e. The predicted molar refractivity (Wildman–Crippen MR) is 92.2 cm³/mol. The largest absolute Gasteiger partial charge is 0.396 e. The van der Waals surface area contributed by atoms with Gasteiger partial charge >= 0.3 is 0 Å². The van der Waals surface area contributed by atoms with Gasteiger partial charge in [-0.05, 0) is 18.8 Å². The third-order valence-corrected chi connectivity index (χ3v) is 6.50. The van der Waals surface area contributed by atoms with Crippen LogP contribution in [0.3, 0.4) is 0 Å². The highest BCUT2D eigenvalue weighted by Crippen LogP contribution is 2.45. The molecule has 2 aliphatic rings. The van der Waals surface area contributed by atoms with Crippen LogP contribution < -0.4 is 0 Å². The standard InChI is InChI=1S/C20H30NO2/c1-21(2)17-10-11-18(21)14-16(13-17)19(9-6-12-22)20(23)15-7-4-3-5-8-15/h3-5,7-8,16-19,22H,6,9-14H2,1-2H3/q+1. The third-order valence-electron chi connectivity index (χ3n) is 6.50. The van der Waals surface area contributed by atoms with E-state index in [0.717, 1.165) is 35.7 Å². The van der Waals surface area contributed by atoms with Crippen LogP contribution in [-0.4, -0.2) is 48.2 Å². The van der Waals surface area contributed by atoms with E-state index in [1.165, 1.54) is 12.8 Å². The summed E-state index contributed by atoms with van der Waals surface area (Å²) in [6.07, 6.45) is 6.49. The first kappa shape index (κ1) is 16.7. The summed E-state index contributed by atoms with van der Waals surface area (Å²) in [6.45, 7) is 0.180. The van der Waals surface area contributed by atoms with Gasteiger partial charge < -0.3 is 9.59 Å². The van der Waals surface area contributed by atoms with Crippen molar-refractivity contribution < 1.29 is 14.4 Å². The number of benzene rings is 1. The summed E-state index contributed by atoms with van der Waals surface area (Å²) < 4.78 is 1.14. The Balaban J connectivity index is 1.79. The molecule has 3 atom stereocenters. The fourth-order valence-corrected chi connectivity index (χ4v) is 4.96. The van der Waals surface area contributed by atoms with Crippen molar-refractivity contribution in [2.75, 3.05) is 20.7 Å². The second-order valence-corrected chi connectivity index (χ2v) is 7.95. The van der Waals surface area contributed by atoms with Crippen LogP contribution in [0.4, 0.5) is 0 Å². The number of ketones is 1. The molecule has 1 aromatic rings. The highest BCUT2D eigenvalue weighted by atomic mass is 16.3. The van der Waals surface area contributed by atoms with Crippen molar-refractivity contribution in [2.24, 2.45) is 11.8 Å². The second-order valence-electron chi connectivity index (χ2n) is 7.95. The summed E-state index contributed by atoms with van der Waals surface area (Å²) in [5.74, 6) is 0.849. The van der Waals surface area contributed by atoms with Crippen LogP contribution in [0.1, 0.15) is 48.9 Å². The maximum atomic E-state index is 13.1. The number of Topliss-reactive ketones (excluding diaryl/α,β-unsaturated/α-hetero) is 1. The number of piperidine rings is 1. The molecule has 2 aliphatic heterocycles. The molecule has 2 bridgehead atoms. The monoisotopic (exact) mass is 316 g/mol. The summed E-state index contributed by atoms with van der Waals surface area (Å²) in [6, 6.07) is 11.1. The lowest BCUT2D eigenvalue weighted by Crippen LogP contribution is -2.55. The summed E-state index contributed by atoms with van der Waals surface area (Å²) in [5.41, 5.74) is 0.835. The number of hydrogen-bond donors (Lipinski definition) is 1. The summed E-state index contributed by atoms with van der Waals surface area (Å²) >= 11 is 0. The molecule has 0 radical (unpaired) electrons. The molecule has 0 saturated carbocycles. The Morgan fingerprint density at radius 3 is 2.35 bits per heavy atom. The SMILES string of the molecule is C[N+]1(C)C2CCC1CC(C(CCCO)C(=O)c1ccccc1)C2. The molecule has 3 unspecified atom stereocenters. The molecule has 1 aromatic carbocycles. The maximum Gasteiger partial charge on any atom is 0.166 e. The Morgan fingerprint density at radius 2 is 1.78 bits per heavy atom. The van der Waals surface area contributed by atoms with E-state index in [0.29, 0.717) is 18.0 Å². The molecular weight excluding hydrogens is 286 g/mol. The normalized spacial score (nSPS) is 30.1. The average Bonchev–Trinajstić information content (AvgIpc) is 2.74. The Morgan fingerprint density at radius 1 is 1.17 bits per heavy atom. The van der Waals surface area contributed by atoms with Crippen LogP contribution in [-0.2, 0) is 0 Å². The molecule has 3 nitrogen and oxygen atoms in total. The molecule has 2 fully saturated rings. The van der Waals surface area contributed by atoms with Gasteiger partial charge in [-0.25, -0.2) is 0 Å². The van der Waals surface area contributed by atoms with Crippen LogP contribution in [0.5, 0.6) is 0 Å². The Hall–Kier alpha value is -1.19. The van der Waals surface area contributed by atoms with Crippen molar-refractivity contribution in [3.05, 3.63) is 35.9 Å². The fourth-order valence-electron chi connectivity index (χ4n) is 4.96. The summed E-state index contributed by atoms with van der Waals surface area (Å²) in [5, 5.41) is 9.25. The zero-order chi connectivity index (χ0) is 16.4. The van der Waals surface area contributed by atoms with E-state index in [1.54, 1.807) is 0 Å². The van der Waals surface area contributed by atoms with Gasteiger partial charge in [0.2, 0.25) is 0 Å². The lowest BCUT2D eigenvalue weighted by molar-refractivity contribution is -0.931. The van der Waals surface area contributed by atoms with E-state index < -0.39 is 0 Å². The lowest BCUT2D eigenvalue weighted by Gasteiger charge is -2.46. The van der Waals surface area contributed by atoms with Crippen LogP contribution >= 0.6 is 0 Å². The zero-order valence-corrected chi connectivity index (χ0v) is 14.4.